The Morgan fingerprint density at radius 3 is 2.62 bits per heavy atom. The number of rotatable bonds is 4. The maximum absolute atomic E-state index is 12.3. The number of nitrogens with zero attached hydrogens (tertiary/aromatic N) is 1. The zero-order chi connectivity index (χ0) is 20.0. The molecule has 1 aliphatic carbocycles. The van der Waals surface area contributed by atoms with Crippen molar-refractivity contribution in [2.45, 2.75) is 31.7 Å². The molecule has 0 radical (unpaired) electrons. The Morgan fingerprint density at radius 1 is 1.07 bits per heavy atom. The normalized spacial score (nSPS) is 19.3. The van der Waals surface area contributed by atoms with Crippen molar-refractivity contribution in [3.05, 3.63) is 53.1 Å². The fraction of sp³-hybridized carbons (Fsp3) is 0.273. The predicted molar refractivity (Wildman–Crippen MR) is 106 cm³/mol. The van der Waals surface area contributed by atoms with E-state index in [1.54, 1.807) is 0 Å². The van der Waals surface area contributed by atoms with Crippen molar-refractivity contribution in [2.75, 3.05) is 6.61 Å². The number of nitrogens with one attached hydrogen (secondary N) is 2. The number of ether oxygens (including phenoxy) is 1. The van der Waals surface area contributed by atoms with Gasteiger partial charge in [-0.1, -0.05) is 24.3 Å². The summed E-state index contributed by atoms with van der Waals surface area (Å²) in [7, 11) is 0. The molecule has 146 valence electrons. The minimum atomic E-state index is -0.711. The van der Waals surface area contributed by atoms with E-state index >= 15 is 0 Å². The highest BCUT2D eigenvalue weighted by Crippen LogP contribution is 2.33. The summed E-state index contributed by atoms with van der Waals surface area (Å²) < 4.78 is 5.58. The first kappa shape index (κ1) is 17.6. The Morgan fingerprint density at radius 2 is 1.83 bits per heavy atom. The second kappa shape index (κ2) is 6.84. The summed E-state index contributed by atoms with van der Waals surface area (Å²) in [4.78, 5) is 38.4. The summed E-state index contributed by atoms with van der Waals surface area (Å²) in [6, 6.07) is 12.0. The molecular formula is C22H19N3O4. The largest absolute Gasteiger partial charge is 0.493 e. The van der Waals surface area contributed by atoms with Gasteiger partial charge in [-0.3, -0.25) is 14.9 Å². The van der Waals surface area contributed by atoms with Crippen LogP contribution < -0.4 is 15.4 Å². The lowest BCUT2D eigenvalue weighted by atomic mass is 9.98. The Kier molecular flexibility index (Phi) is 4.16. The Bertz CT molecular complexity index is 1090. The number of carbonyl (C=O) groups is 3. The van der Waals surface area contributed by atoms with E-state index in [9.17, 15) is 14.4 Å². The summed E-state index contributed by atoms with van der Waals surface area (Å²) >= 11 is 0. The van der Waals surface area contributed by atoms with Crippen LogP contribution in [0.5, 0.6) is 5.75 Å². The second-order valence-electron chi connectivity index (χ2n) is 7.57. The number of hydrogen-bond acceptors (Lipinski definition) is 4. The highest BCUT2D eigenvalue weighted by Gasteiger charge is 2.28. The van der Waals surface area contributed by atoms with E-state index in [2.05, 4.69) is 40.6 Å². The van der Waals surface area contributed by atoms with Crippen molar-refractivity contribution in [2.24, 2.45) is 4.99 Å². The van der Waals surface area contributed by atoms with Gasteiger partial charge in [0.25, 0.3) is 5.91 Å². The van der Waals surface area contributed by atoms with Crippen LogP contribution in [0, 0.1) is 0 Å². The molecule has 2 N–H and O–H groups in total. The minimum absolute atomic E-state index is 0.0260. The number of benzene rings is 2. The molecule has 0 aromatic heterocycles. The molecule has 1 unspecified atom stereocenters. The molecule has 2 aromatic rings. The van der Waals surface area contributed by atoms with Crippen LogP contribution in [-0.2, 0) is 28.9 Å². The van der Waals surface area contributed by atoms with Gasteiger partial charge in [0.1, 0.15) is 11.5 Å². The molecule has 2 aliphatic heterocycles. The zero-order valence-electron chi connectivity index (χ0n) is 15.7. The average molecular weight is 389 g/mol. The predicted octanol–water partition coefficient (Wildman–Crippen LogP) is 1.95. The van der Waals surface area contributed by atoms with Crippen molar-refractivity contribution < 1.29 is 19.1 Å². The van der Waals surface area contributed by atoms with Gasteiger partial charge in [-0.15, -0.1) is 0 Å². The first-order chi connectivity index (χ1) is 14.0. The molecule has 0 bridgehead atoms. The first-order valence-electron chi connectivity index (χ1n) is 9.65. The van der Waals surface area contributed by atoms with Crippen LogP contribution in [-0.4, -0.2) is 36.2 Å². The number of amides is 4. The lowest BCUT2D eigenvalue weighted by Gasteiger charge is -2.11. The summed E-state index contributed by atoms with van der Waals surface area (Å²) in [5.41, 5.74) is 5.96. The van der Waals surface area contributed by atoms with Gasteiger partial charge >= 0.3 is 6.03 Å². The van der Waals surface area contributed by atoms with E-state index in [4.69, 9.17) is 4.74 Å². The van der Waals surface area contributed by atoms with Gasteiger partial charge in [0.15, 0.2) is 0 Å². The van der Waals surface area contributed by atoms with E-state index < -0.39 is 11.9 Å². The molecule has 3 aliphatic rings. The fourth-order valence-electron chi connectivity index (χ4n) is 4.19. The van der Waals surface area contributed by atoms with Crippen molar-refractivity contribution >= 4 is 23.6 Å². The van der Waals surface area contributed by atoms with Gasteiger partial charge < -0.3 is 10.1 Å². The summed E-state index contributed by atoms with van der Waals surface area (Å²) in [5.74, 6) is 0.0782. The lowest BCUT2D eigenvalue weighted by Crippen LogP contribution is -2.37. The second-order valence-corrected chi connectivity index (χ2v) is 7.57. The summed E-state index contributed by atoms with van der Waals surface area (Å²) in [6.07, 6.45) is 2.24. The molecule has 7 heteroatoms. The fourth-order valence-corrected chi connectivity index (χ4v) is 4.19. The van der Waals surface area contributed by atoms with Crippen LogP contribution in [0.4, 0.5) is 4.79 Å². The number of fused-ring (bicyclic) bond motifs is 2. The quantitative estimate of drug-likeness (QED) is 0.835. The Labute approximate surface area is 167 Å². The molecule has 0 fully saturated rings. The number of urea groups is 1. The smallest absolute Gasteiger partial charge is 0.348 e. The molecule has 1 atom stereocenters. The standard InChI is InChI=1S/C22H19N3O4/c26-20(11-18-21(27)25-22(28)24-18)23-17-9-14-2-1-12(8-16(14)10-17)13-3-4-19-15(7-13)5-6-29-19/h1-4,7-8,17H,5-6,9-11H2,(H,23,26)(H,25,27,28). The highest BCUT2D eigenvalue weighted by atomic mass is 16.5. The minimum Gasteiger partial charge on any atom is -0.493 e. The van der Waals surface area contributed by atoms with Gasteiger partial charge in [-0.05, 0) is 52.8 Å². The van der Waals surface area contributed by atoms with E-state index in [1.165, 1.54) is 22.3 Å². The third-order valence-corrected chi connectivity index (χ3v) is 5.57. The molecule has 5 rings (SSSR count). The molecule has 2 heterocycles. The SMILES string of the molecule is O=C(CC1=NC(=O)NC1=O)NC1Cc2ccc(-c3ccc4c(c3)CCO4)cc2C1. The maximum atomic E-state index is 12.3. The molecule has 2 aromatic carbocycles. The lowest BCUT2D eigenvalue weighted by molar-refractivity contribution is -0.121. The molecular weight excluding hydrogens is 370 g/mol. The molecule has 0 saturated heterocycles. The van der Waals surface area contributed by atoms with Crippen LogP contribution in [0.25, 0.3) is 11.1 Å². The number of aliphatic imine (C=N–C) groups is 1. The van der Waals surface area contributed by atoms with Crippen LogP contribution in [0.2, 0.25) is 0 Å². The summed E-state index contributed by atoms with van der Waals surface area (Å²) in [5, 5.41) is 5.00. The maximum Gasteiger partial charge on any atom is 0.348 e. The molecule has 4 amide bonds. The van der Waals surface area contributed by atoms with Crippen molar-refractivity contribution in [1.82, 2.24) is 10.6 Å². The monoisotopic (exact) mass is 389 g/mol. The Hall–Kier alpha value is -3.48. The van der Waals surface area contributed by atoms with Gasteiger partial charge in [0, 0.05) is 12.5 Å². The zero-order valence-corrected chi connectivity index (χ0v) is 15.7. The van der Waals surface area contributed by atoms with E-state index in [-0.39, 0.29) is 24.1 Å². The topological polar surface area (TPSA) is 96.9 Å². The van der Waals surface area contributed by atoms with E-state index in [1.807, 2.05) is 11.4 Å². The van der Waals surface area contributed by atoms with Gasteiger partial charge in [-0.25, -0.2) is 4.79 Å². The highest BCUT2D eigenvalue weighted by molar-refractivity contribution is 6.48. The summed E-state index contributed by atoms with van der Waals surface area (Å²) in [6.45, 7) is 0.743. The molecule has 0 spiro atoms. The third-order valence-electron chi connectivity index (χ3n) is 5.57. The van der Waals surface area contributed by atoms with Crippen LogP contribution in [0.15, 0.2) is 41.4 Å². The van der Waals surface area contributed by atoms with Crippen molar-refractivity contribution in [3.8, 4) is 16.9 Å². The van der Waals surface area contributed by atoms with Gasteiger partial charge in [0.2, 0.25) is 5.91 Å². The van der Waals surface area contributed by atoms with Crippen LogP contribution in [0.3, 0.4) is 0 Å². The van der Waals surface area contributed by atoms with Crippen molar-refractivity contribution in [3.63, 3.8) is 0 Å². The molecule has 0 saturated carbocycles. The van der Waals surface area contributed by atoms with E-state index in [0.29, 0.717) is 0 Å². The van der Waals surface area contributed by atoms with Crippen molar-refractivity contribution in [1.29, 1.82) is 0 Å². The Balaban J connectivity index is 1.26. The van der Waals surface area contributed by atoms with Crippen LogP contribution >= 0.6 is 0 Å². The number of imide groups is 1. The molecule has 7 nitrogen and oxygen atoms in total. The van der Waals surface area contributed by atoms with Gasteiger partial charge in [0.05, 0.1) is 13.0 Å². The first-order valence-corrected chi connectivity index (χ1v) is 9.65. The van der Waals surface area contributed by atoms with Crippen LogP contribution in [0.1, 0.15) is 23.1 Å². The van der Waals surface area contributed by atoms with E-state index in [0.717, 1.165) is 37.2 Å². The number of carbonyl (C=O) groups excluding carboxylic acids is 3. The number of hydrogen-bond donors (Lipinski definition) is 2. The van der Waals surface area contributed by atoms with Gasteiger partial charge in [-0.2, -0.15) is 4.99 Å². The third kappa shape index (κ3) is 3.40. The molecule has 29 heavy (non-hydrogen) atoms. The average Bonchev–Trinajstić information content (AvgIpc) is 3.38.